The molecule has 3 radical (unpaired) electrons. The van der Waals surface area contributed by atoms with Gasteiger partial charge in [0, 0.05) is 36.8 Å². The molecule has 0 saturated carbocycles. The van der Waals surface area contributed by atoms with Crippen molar-refractivity contribution in [3.05, 3.63) is 83.9 Å². The fourth-order valence-electron chi connectivity index (χ4n) is 2.96. The molecule has 3 aromatic rings. The summed E-state index contributed by atoms with van der Waals surface area (Å²) in [7, 11) is 7.06. The number of methoxy groups -OCH3 is 2. The predicted octanol–water partition coefficient (Wildman–Crippen LogP) is 4.55. The smallest absolute Gasteiger partial charge is 0.183 e. The van der Waals surface area contributed by atoms with E-state index in [2.05, 4.69) is 64.5 Å². The van der Waals surface area contributed by atoms with E-state index in [1.54, 1.807) is 14.2 Å². The molecule has 3 rings (SSSR count). The van der Waals surface area contributed by atoms with E-state index in [0.717, 1.165) is 27.8 Å². The first-order valence-corrected chi connectivity index (χ1v) is 8.97. The lowest BCUT2D eigenvalue weighted by molar-refractivity contribution is -0.105. The Bertz CT molecular complexity index is 846. The van der Waals surface area contributed by atoms with Gasteiger partial charge in [0.05, 0.1) is 10.2 Å². The number of ether oxygens (including phenoxy) is 2. The molecule has 0 amide bonds. The molecule has 0 N–H and O–H groups in total. The Morgan fingerprint density at radius 3 is 2.00 bits per heavy atom. The molecule has 0 fully saturated rings. The summed E-state index contributed by atoms with van der Waals surface area (Å²) < 4.78 is 10.7. The molecule has 26 heavy (non-hydrogen) atoms. The Morgan fingerprint density at radius 1 is 0.808 bits per heavy atom. The first-order chi connectivity index (χ1) is 12.6. The van der Waals surface area contributed by atoms with E-state index >= 15 is 0 Å². The van der Waals surface area contributed by atoms with Gasteiger partial charge in [0.2, 0.25) is 0 Å². The van der Waals surface area contributed by atoms with Gasteiger partial charge in [-0.1, -0.05) is 48.0 Å². The average Bonchev–Trinajstić information content (AvgIpc) is 2.67. The van der Waals surface area contributed by atoms with E-state index in [0.29, 0.717) is 0 Å². The van der Waals surface area contributed by atoms with Gasteiger partial charge in [-0.15, -0.1) is 0 Å². The lowest BCUT2D eigenvalue weighted by Crippen LogP contribution is -2.20. The molecule has 0 heterocycles. The largest absolute Gasteiger partial charge is 0.352 e. The summed E-state index contributed by atoms with van der Waals surface area (Å²) in [6, 6.07) is 25.0. The van der Waals surface area contributed by atoms with Gasteiger partial charge < -0.3 is 14.4 Å². The summed E-state index contributed by atoms with van der Waals surface area (Å²) in [5.41, 5.74) is 5.44. The molecule has 0 aromatic heterocycles. The number of nitrogens with zero attached hydrogens (tertiary/aromatic N) is 1. The van der Waals surface area contributed by atoms with Gasteiger partial charge in [-0.25, -0.2) is 0 Å². The summed E-state index contributed by atoms with van der Waals surface area (Å²) in [5, 5.41) is 0.964. The van der Waals surface area contributed by atoms with E-state index < -0.39 is 0 Å². The third kappa shape index (κ3) is 3.88. The van der Waals surface area contributed by atoms with Crippen molar-refractivity contribution in [2.24, 2.45) is 0 Å². The second kappa shape index (κ2) is 8.32. The third-order valence-electron chi connectivity index (χ3n) is 4.27. The molecule has 0 spiro atoms. The van der Waals surface area contributed by atoms with E-state index in [4.69, 9.17) is 9.47 Å². The Hall–Kier alpha value is -2.40. The zero-order chi connectivity index (χ0) is 18.5. The quantitative estimate of drug-likeness (QED) is 0.475. The first-order valence-electron chi connectivity index (χ1n) is 8.47. The van der Waals surface area contributed by atoms with E-state index in [1.165, 1.54) is 5.56 Å². The fraction of sp³-hybridized carbons (Fsp3) is 0.182. The highest BCUT2D eigenvalue weighted by atomic mass is 28.1. The Morgan fingerprint density at radius 2 is 1.42 bits per heavy atom. The van der Waals surface area contributed by atoms with Crippen LogP contribution in [-0.4, -0.2) is 24.5 Å². The third-order valence-corrected chi connectivity index (χ3v) is 4.67. The zero-order valence-corrected chi connectivity index (χ0v) is 16.3. The van der Waals surface area contributed by atoms with Crippen LogP contribution in [0.1, 0.15) is 17.4 Å². The molecule has 3 nitrogen and oxygen atoms in total. The summed E-state index contributed by atoms with van der Waals surface area (Å²) in [5.74, 6) is 0. The van der Waals surface area contributed by atoms with Crippen molar-refractivity contribution in [3.8, 4) is 0 Å². The van der Waals surface area contributed by atoms with Crippen LogP contribution >= 0.6 is 0 Å². The molecule has 0 bridgehead atoms. The Balaban J connectivity index is 2.09. The SMILES string of the molecule is COC(OC)c1ccc(N(c2ccccc2)c2ccc(C)cc2)c([Si])c1. The summed E-state index contributed by atoms with van der Waals surface area (Å²) in [4.78, 5) is 2.22. The summed E-state index contributed by atoms with van der Waals surface area (Å²) in [6.07, 6.45) is -0.385. The molecule has 0 aliphatic rings. The second-order valence-electron chi connectivity index (χ2n) is 6.09. The Labute approximate surface area is 158 Å². The number of aryl methyl sites for hydroxylation is 1. The van der Waals surface area contributed by atoms with Crippen LogP contribution in [0.2, 0.25) is 0 Å². The van der Waals surface area contributed by atoms with Crippen molar-refractivity contribution in [2.45, 2.75) is 13.2 Å². The van der Waals surface area contributed by atoms with Crippen LogP contribution in [0.5, 0.6) is 0 Å². The normalized spacial score (nSPS) is 11.0. The van der Waals surface area contributed by atoms with Gasteiger partial charge in [0.25, 0.3) is 0 Å². The van der Waals surface area contributed by atoms with E-state index in [9.17, 15) is 0 Å². The molecular weight excluding hydrogens is 338 g/mol. The minimum Gasteiger partial charge on any atom is -0.352 e. The lowest BCUT2D eigenvalue weighted by Gasteiger charge is -2.28. The molecular formula is C22H22NO2Si. The summed E-state index contributed by atoms with van der Waals surface area (Å²) in [6.45, 7) is 2.09. The maximum atomic E-state index is 5.37. The highest BCUT2D eigenvalue weighted by Crippen LogP contribution is 2.33. The van der Waals surface area contributed by atoms with Gasteiger partial charge in [-0.3, -0.25) is 0 Å². The van der Waals surface area contributed by atoms with Crippen LogP contribution in [0.25, 0.3) is 0 Å². The molecule has 0 atom stereocenters. The fourth-order valence-corrected chi connectivity index (χ4v) is 3.32. The monoisotopic (exact) mass is 360 g/mol. The minimum absolute atomic E-state index is 0.385. The molecule has 4 heteroatoms. The molecule has 0 saturated heterocycles. The number of hydrogen-bond donors (Lipinski definition) is 0. The molecule has 0 unspecified atom stereocenters. The zero-order valence-electron chi connectivity index (χ0n) is 15.3. The number of para-hydroxylation sites is 1. The van der Waals surface area contributed by atoms with Crippen LogP contribution in [-0.2, 0) is 9.47 Å². The van der Waals surface area contributed by atoms with Gasteiger partial charge in [0.15, 0.2) is 6.29 Å². The van der Waals surface area contributed by atoms with Crippen LogP contribution in [0, 0.1) is 6.92 Å². The van der Waals surface area contributed by atoms with Gasteiger partial charge >= 0.3 is 0 Å². The first kappa shape index (κ1) is 18.4. The minimum atomic E-state index is -0.385. The maximum absolute atomic E-state index is 5.37. The highest BCUT2D eigenvalue weighted by Gasteiger charge is 2.16. The van der Waals surface area contributed by atoms with Crippen molar-refractivity contribution in [2.75, 3.05) is 19.1 Å². The van der Waals surface area contributed by atoms with E-state index in [-0.39, 0.29) is 6.29 Å². The molecule has 131 valence electrons. The molecule has 3 aromatic carbocycles. The second-order valence-corrected chi connectivity index (χ2v) is 6.63. The van der Waals surface area contributed by atoms with Crippen molar-refractivity contribution >= 4 is 32.5 Å². The van der Waals surface area contributed by atoms with Crippen molar-refractivity contribution < 1.29 is 9.47 Å². The predicted molar refractivity (Wildman–Crippen MR) is 108 cm³/mol. The van der Waals surface area contributed by atoms with Gasteiger partial charge in [-0.05, 0) is 42.4 Å². The Kier molecular flexibility index (Phi) is 5.88. The van der Waals surface area contributed by atoms with Crippen molar-refractivity contribution in [1.82, 2.24) is 0 Å². The summed E-state index contributed by atoms with van der Waals surface area (Å²) >= 11 is 0. The number of anilines is 3. The average molecular weight is 361 g/mol. The van der Waals surface area contributed by atoms with Crippen LogP contribution in [0.15, 0.2) is 72.8 Å². The van der Waals surface area contributed by atoms with Crippen LogP contribution in [0.4, 0.5) is 17.1 Å². The highest BCUT2D eigenvalue weighted by molar-refractivity contribution is 6.36. The number of hydrogen-bond acceptors (Lipinski definition) is 3. The van der Waals surface area contributed by atoms with Crippen LogP contribution in [0.3, 0.4) is 0 Å². The molecule has 0 aliphatic carbocycles. The molecule has 0 aliphatic heterocycles. The topological polar surface area (TPSA) is 21.7 Å². The lowest BCUT2D eigenvalue weighted by atomic mass is 10.1. The van der Waals surface area contributed by atoms with Crippen molar-refractivity contribution in [3.63, 3.8) is 0 Å². The maximum Gasteiger partial charge on any atom is 0.183 e. The van der Waals surface area contributed by atoms with Gasteiger partial charge in [-0.2, -0.15) is 0 Å². The number of rotatable bonds is 6. The van der Waals surface area contributed by atoms with Gasteiger partial charge in [0.1, 0.15) is 0 Å². The standard InChI is InChI=1S/C22H22NO2Si/c1-16-9-12-19(13-10-16)23(18-7-5-4-6-8-18)20-14-11-17(15-21(20)26)22(24-2)25-3/h4-15,22H,1-3H3. The number of benzene rings is 3. The van der Waals surface area contributed by atoms with E-state index in [1.807, 2.05) is 30.3 Å². The van der Waals surface area contributed by atoms with Crippen molar-refractivity contribution in [1.29, 1.82) is 0 Å². The van der Waals surface area contributed by atoms with Crippen LogP contribution < -0.4 is 10.1 Å².